The van der Waals surface area contributed by atoms with Gasteiger partial charge in [0.05, 0.1) is 33.0 Å². The highest BCUT2D eigenvalue weighted by atomic mass is 16.5. The SMILES string of the molecule is COc1ccc(NCC(O)COC(C)C)cc1OC. The lowest BCUT2D eigenvalue weighted by Crippen LogP contribution is -2.26. The highest BCUT2D eigenvalue weighted by molar-refractivity contribution is 5.54. The molecule has 0 radical (unpaired) electrons. The van der Waals surface area contributed by atoms with Crippen molar-refractivity contribution in [3.8, 4) is 11.5 Å². The standard InChI is InChI=1S/C14H23NO4/c1-10(2)19-9-12(16)8-15-11-5-6-13(17-3)14(7-11)18-4/h5-7,10,12,15-16H,8-9H2,1-4H3. The average molecular weight is 269 g/mol. The van der Waals surface area contributed by atoms with Gasteiger partial charge in [-0.2, -0.15) is 0 Å². The fourth-order valence-corrected chi connectivity index (χ4v) is 1.54. The van der Waals surface area contributed by atoms with Gasteiger partial charge < -0.3 is 24.6 Å². The number of aliphatic hydroxyl groups excluding tert-OH is 1. The average Bonchev–Trinajstić information content (AvgIpc) is 2.42. The number of ether oxygens (including phenoxy) is 3. The zero-order valence-electron chi connectivity index (χ0n) is 12.0. The summed E-state index contributed by atoms with van der Waals surface area (Å²) >= 11 is 0. The highest BCUT2D eigenvalue weighted by Gasteiger charge is 2.08. The van der Waals surface area contributed by atoms with Crippen molar-refractivity contribution >= 4 is 5.69 Å². The minimum absolute atomic E-state index is 0.121. The molecular weight excluding hydrogens is 246 g/mol. The molecule has 1 rings (SSSR count). The fourth-order valence-electron chi connectivity index (χ4n) is 1.54. The van der Waals surface area contributed by atoms with Crippen LogP contribution in [0.3, 0.4) is 0 Å². The van der Waals surface area contributed by atoms with Gasteiger partial charge in [-0.05, 0) is 26.0 Å². The van der Waals surface area contributed by atoms with Gasteiger partial charge in [0.25, 0.3) is 0 Å². The molecule has 1 atom stereocenters. The van der Waals surface area contributed by atoms with Crippen LogP contribution in [0.1, 0.15) is 13.8 Å². The van der Waals surface area contributed by atoms with E-state index in [0.29, 0.717) is 24.7 Å². The molecule has 0 bridgehead atoms. The van der Waals surface area contributed by atoms with Crippen LogP contribution in [0, 0.1) is 0 Å². The number of methoxy groups -OCH3 is 2. The van der Waals surface area contributed by atoms with E-state index in [0.717, 1.165) is 5.69 Å². The molecular formula is C14H23NO4. The van der Waals surface area contributed by atoms with Crippen LogP contribution >= 0.6 is 0 Å². The van der Waals surface area contributed by atoms with Gasteiger partial charge in [0, 0.05) is 18.3 Å². The van der Waals surface area contributed by atoms with Crippen LogP contribution in [0.4, 0.5) is 5.69 Å². The van der Waals surface area contributed by atoms with Crippen molar-refractivity contribution in [3.05, 3.63) is 18.2 Å². The molecule has 0 amide bonds. The molecule has 0 aliphatic heterocycles. The van der Waals surface area contributed by atoms with E-state index >= 15 is 0 Å². The van der Waals surface area contributed by atoms with Gasteiger partial charge in [-0.15, -0.1) is 0 Å². The Morgan fingerprint density at radius 1 is 1.16 bits per heavy atom. The number of hydrogen-bond donors (Lipinski definition) is 2. The number of benzene rings is 1. The van der Waals surface area contributed by atoms with Crippen molar-refractivity contribution in [2.75, 3.05) is 32.7 Å². The predicted molar refractivity (Wildman–Crippen MR) is 75.1 cm³/mol. The Morgan fingerprint density at radius 3 is 2.42 bits per heavy atom. The minimum Gasteiger partial charge on any atom is -0.493 e. The number of nitrogens with one attached hydrogen (secondary N) is 1. The van der Waals surface area contributed by atoms with Crippen molar-refractivity contribution in [2.45, 2.75) is 26.1 Å². The van der Waals surface area contributed by atoms with Gasteiger partial charge >= 0.3 is 0 Å². The van der Waals surface area contributed by atoms with Gasteiger partial charge in [0.1, 0.15) is 0 Å². The minimum atomic E-state index is -0.546. The molecule has 19 heavy (non-hydrogen) atoms. The first-order valence-corrected chi connectivity index (χ1v) is 6.32. The molecule has 0 saturated heterocycles. The second kappa shape index (κ2) is 7.86. The molecule has 0 spiro atoms. The van der Waals surface area contributed by atoms with Crippen LogP contribution in [-0.4, -0.2) is 44.7 Å². The molecule has 1 unspecified atom stereocenters. The van der Waals surface area contributed by atoms with E-state index in [1.807, 2.05) is 32.0 Å². The third-order valence-electron chi connectivity index (χ3n) is 2.55. The Kier molecular flexibility index (Phi) is 6.45. The molecule has 0 aliphatic rings. The first-order chi connectivity index (χ1) is 9.06. The van der Waals surface area contributed by atoms with E-state index in [2.05, 4.69) is 5.32 Å². The number of aliphatic hydroxyl groups is 1. The molecule has 0 heterocycles. The van der Waals surface area contributed by atoms with Crippen molar-refractivity contribution in [1.82, 2.24) is 0 Å². The van der Waals surface area contributed by atoms with E-state index in [1.165, 1.54) is 0 Å². The van der Waals surface area contributed by atoms with E-state index in [4.69, 9.17) is 14.2 Å². The summed E-state index contributed by atoms with van der Waals surface area (Å²) in [5, 5.41) is 12.9. The van der Waals surface area contributed by atoms with Crippen molar-refractivity contribution in [2.24, 2.45) is 0 Å². The molecule has 1 aromatic rings. The Balaban J connectivity index is 2.49. The second-order valence-electron chi connectivity index (χ2n) is 4.49. The maximum absolute atomic E-state index is 9.74. The Morgan fingerprint density at radius 2 is 1.84 bits per heavy atom. The van der Waals surface area contributed by atoms with Crippen molar-refractivity contribution in [3.63, 3.8) is 0 Å². The first-order valence-electron chi connectivity index (χ1n) is 6.32. The third-order valence-corrected chi connectivity index (χ3v) is 2.55. The lowest BCUT2D eigenvalue weighted by molar-refractivity contribution is 0.0112. The quantitative estimate of drug-likeness (QED) is 0.755. The summed E-state index contributed by atoms with van der Waals surface area (Å²) in [5.74, 6) is 1.33. The normalized spacial score (nSPS) is 12.3. The second-order valence-corrected chi connectivity index (χ2v) is 4.49. The molecule has 0 aromatic heterocycles. The molecule has 0 fully saturated rings. The topological polar surface area (TPSA) is 60.0 Å². The molecule has 1 aromatic carbocycles. The molecule has 0 aliphatic carbocycles. The van der Waals surface area contributed by atoms with Crippen molar-refractivity contribution < 1.29 is 19.3 Å². The van der Waals surface area contributed by atoms with Gasteiger partial charge in [-0.1, -0.05) is 0 Å². The summed E-state index contributed by atoms with van der Waals surface area (Å²) in [7, 11) is 3.19. The largest absolute Gasteiger partial charge is 0.493 e. The van der Waals surface area contributed by atoms with E-state index in [9.17, 15) is 5.11 Å². The van der Waals surface area contributed by atoms with Crippen LogP contribution < -0.4 is 14.8 Å². The van der Waals surface area contributed by atoms with Gasteiger partial charge in [-0.3, -0.25) is 0 Å². The van der Waals surface area contributed by atoms with Crippen LogP contribution in [0.5, 0.6) is 11.5 Å². The zero-order valence-corrected chi connectivity index (χ0v) is 12.0. The zero-order chi connectivity index (χ0) is 14.3. The summed E-state index contributed by atoms with van der Waals surface area (Å²) in [5.41, 5.74) is 0.862. The van der Waals surface area contributed by atoms with Crippen LogP contribution in [0.2, 0.25) is 0 Å². The molecule has 5 nitrogen and oxygen atoms in total. The Hall–Kier alpha value is -1.46. The third kappa shape index (κ3) is 5.36. The molecule has 5 heteroatoms. The predicted octanol–water partition coefficient (Wildman–Crippen LogP) is 1.90. The lowest BCUT2D eigenvalue weighted by Gasteiger charge is -2.16. The number of hydrogen-bond acceptors (Lipinski definition) is 5. The smallest absolute Gasteiger partial charge is 0.162 e. The molecule has 0 saturated carbocycles. The Labute approximate surface area is 114 Å². The van der Waals surface area contributed by atoms with E-state index < -0.39 is 6.10 Å². The Bertz CT molecular complexity index is 382. The summed E-state index contributed by atoms with van der Waals surface area (Å²) in [6.07, 6.45) is -0.425. The van der Waals surface area contributed by atoms with Gasteiger partial charge in [-0.25, -0.2) is 0 Å². The van der Waals surface area contributed by atoms with Crippen LogP contribution in [0.15, 0.2) is 18.2 Å². The first kappa shape index (κ1) is 15.6. The van der Waals surface area contributed by atoms with E-state index in [1.54, 1.807) is 14.2 Å². The summed E-state index contributed by atoms with van der Waals surface area (Å²) < 4.78 is 15.7. The number of rotatable bonds is 8. The van der Waals surface area contributed by atoms with Gasteiger partial charge in [0.2, 0.25) is 0 Å². The lowest BCUT2D eigenvalue weighted by atomic mass is 10.2. The maximum atomic E-state index is 9.74. The maximum Gasteiger partial charge on any atom is 0.162 e. The fraction of sp³-hybridized carbons (Fsp3) is 0.571. The summed E-state index contributed by atoms with van der Waals surface area (Å²) in [6, 6.07) is 5.52. The monoisotopic (exact) mass is 269 g/mol. The molecule has 2 N–H and O–H groups in total. The van der Waals surface area contributed by atoms with Crippen molar-refractivity contribution in [1.29, 1.82) is 0 Å². The number of anilines is 1. The summed E-state index contributed by atoms with van der Waals surface area (Å²) in [4.78, 5) is 0. The van der Waals surface area contributed by atoms with Gasteiger partial charge in [0.15, 0.2) is 11.5 Å². The summed E-state index contributed by atoms with van der Waals surface area (Å²) in [6.45, 7) is 4.61. The van der Waals surface area contributed by atoms with E-state index in [-0.39, 0.29) is 6.10 Å². The highest BCUT2D eigenvalue weighted by Crippen LogP contribution is 2.29. The van der Waals surface area contributed by atoms with Crippen LogP contribution in [-0.2, 0) is 4.74 Å². The van der Waals surface area contributed by atoms with Crippen LogP contribution in [0.25, 0.3) is 0 Å². The molecule has 108 valence electrons.